The summed E-state index contributed by atoms with van der Waals surface area (Å²) in [7, 11) is 0. The second kappa shape index (κ2) is 7.14. The van der Waals surface area contributed by atoms with Gasteiger partial charge in [-0.1, -0.05) is 6.07 Å². The molecule has 1 atom stereocenters. The fourth-order valence-corrected chi connectivity index (χ4v) is 2.56. The molecule has 1 saturated carbocycles. The molecule has 2 aliphatic rings. The molecular weight excluding hydrogens is 266 g/mol. The predicted molar refractivity (Wildman–Crippen MR) is 81.9 cm³/mol. The van der Waals surface area contributed by atoms with E-state index in [1.807, 2.05) is 13.0 Å². The van der Waals surface area contributed by atoms with Crippen molar-refractivity contribution in [3.63, 3.8) is 0 Å². The van der Waals surface area contributed by atoms with Crippen LogP contribution in [0.15, 0.2) is 18.2 Å². The van der Waals surface area contributed by atoms with E-state index in [2.05, 4.69) is 17.4 Å². The van der Waals surface area contributed by atoms with Crippen LogP contribution in [0.2, 0.25) is 0 Å². The van der Waals surface area contributed by atoms with Gasteiger partial charge in [0.05, 0.1) is 12.7 Å². The molecule has 0 radical (unpaired) electrons. The fourth-order valence-electron chi connectivity index (χ4n) is 2.56. The van der Waals surface area contributed by atoms with Gasteiger partial charge in [-0.25, -0.2) is 0 Å². The van der Waals surface area contributed by atoms with E-state index in [0.717, 1.165) is 43.5 Å². The van der Waals surface area contributed by atoms with Crippen LogP contribution in [0.5, 0.6) is 11.5 Å². The Labute approximate surface area is 126 Å². The first-order chi connectivity index (χ1) is 10.3. The third-order valence-corrected chi connectivity index (χ3v) is 3.93. The van der Waals surface area contributed by atoms with Crippen molar-refractivity contribution in [3.8, 4) is 11.5 Å². The van der Waals surface area contributed by atoms with Gasteiger partial charge in [-0.05, 0) is 50.3 Å². The molecular formula is C17H25NO3. The van der Waals surface area contributed by atoms with E-state index in [1.165, 1.54) is 18.4 Å². The van der Waals surface area contributed by atoms with Crippen LogP contribution in [0.4, 0.5) is 0 Å². The first kappa shape index (κ1) is 14.7. The predicted octanol–water partition coefficient (Wildman–Crippen LogP) is 2.90. The van der Waals surface area contributed by atoms with Gasteiger partial charge >= 0.3 is 0 Å². The Morgan fingerprint density at radius 1 is 1.19 bits per heavy atom. The number of benzene rings is 1. The lowest BCUT2D eigenvalue weighted by atomic mass is 10.2. The van der Waals surface area contributed by atoms with Gasteiger partial charge in [0.1, 0.15) is 6.61 Å². The minimum atomic E-state index is 0.232. The summed E-state index contributed by atoms with van der Waals surface area (Å²) < 4.78 is 17.2. The molecule has 21 heavy (non-hydrogen) atoms. The van der Waals surface area contributed by atoms with Crippen molar-refractivity contribution in [2.24, 2.45) is 0 Å². The average molecular weight is 291 g/mol. The molecule has 0 aromatic heterocycles. The third kappa shape index (κ3) is 4.35. The summed E-state index contributed by atoms with van der Waals surface area (Å²) in [6.07, 6.45) is 5.07. The second-order valence-electron chi connectivity index (χ2n) is 5.82. The van der Waals surface area contributed by atoms with Crippen LogP contribution < -0.4 is 14.8 Å². The summed E-state index contributed by atoms with van der Waals surface area (Å²) in [5, 5.41) is 3.52. The molecule has 1 N–H and O–H groups in total. The van der Waals surface area contributed by atoms with E-state index in [4.69, 9.17) is 14.2 Å². The minimum absolute atomic E-state index is 0.232. The Hall–Kier alpha value is -1.26. The van der Waals surface area contributed by atoms with Crippen LogP contribution in [-0.4, -0.2) is 32.0 Å². The quantitative estimate of drug-likeness (QED) is 0.799. The summed E-state index contributed by atoms with van der Waals surface area (Å²) in [6, 6.07) is 6.94. The monoisotopic (exact) mass is 291 g/mol. The first-order valence-electron chi connectivity index (χ1n) is 8.08. The van der Waals surface area contributed by atoms with Crippen molar-refractivity contribution < 1.29 is 14.2 Å². The highest BCUT2D eigenvalue weighted by atomic mass is 16.5. The Kier molecular flexibility index (Phi) is 4.99. The largest absolute Gasteiger partial charge is 0.490 e. The molecule has 1 aliphatic heterocycles. The number of nitrogens with one attached hydrogen (secondary N) is 1. The Morgan fingerprint density at radius 2 is 2.10 bits per heavy atom. The molecule has 4 heteroatoms. The lowest BCUT2D eigenvalue weighted by Crippen LogP contribution is -2.17. The third-order valence-electron chi connectivity index (χ3n) is 3.93. The van der Waals surface area contributed by atoms with Crippen molar-refractivity contribution in [3.05, 3.63) is 23.8 Å². The van der Waals surface area contributed by atoms with E-state index in [0.29, 0.717) is 13.2 Å². The van der Waals surface area contributed by atoms with Crippen molar-refractivity contribution >= 4 is 0 Å². The first-order valence-corrected chi connectivity index (χ1v) is 8.08. The van der Waals surface area contributed by atoms with Crippen molar-refractivity contribution in [1.29, 1.82) is 0 Å². The average Bonchev–Trinajstić information content (AvgIpc) is 3.18. The number of hydrogen-bond donors (Lipinski definition) is 1. The van der Waals surface area contributed by atoms with Crippen molar-refractivity contribution in [2.45, 2.75) is 51.3 Å². The number of hydrogen-bond acceptors (Lipinski definition) is 4. The highest BCUT2D eigenvalue weighted by molar-refractivity contribution is 5.43. The zero-order chi connectivity index (χ0) is 14.5. The van der Waals surface area contributed by atoms with Crippen LogP contribution in [0.25, 0.3) is 0 Å². The highest BCUT2D eigenvalue weighted by Crippen LogP contribution is 2.30. The SMILES string of the molecule is CCOc1cc(CNC2CC2)ccc1OCC1CCCO1. The van der Waals surface area contributed by atoms with E-state index in [9.17, 15) is 0 Å². The lowest BCUT2D eigenvalue weighted by Gasteiger charge is -2.16. The molecule has 1 unspecified atom stereocenters. The molecule has 4 nitrogen and oxygen atoms in total. The highest BCUT2D eigenvalue weighted by Gasteiger charge is 2.20. The van der Waals surface area contributed by atoms with E-state index >= 15 is 0 Å². The molecule has 116 valence electrons. The summed E-state index contributed by atoms with van der Waals surface area (Å²) in [5.41, 5.74) is 1.25. The van der Waals surface area contributed by atoms with Crippen LogP contribution in [-0.2, 0) is 11.3 Å². The Bertz CT molecular complexity index is 453. The maximum atomic E-state index is 5.90. The molecule has 1 aliphatic carbocycles. The van der Waals surface area contributed by atoms with Crippen LogP contribution >= 0.6 is 0 Å². The number of ether oxygens (including phenoxy) is 3. The molecule has 1 heterocycles. The molecule has 1 aromatic rings. The fraction of sp³-hybridized carbons (Fsp3) is 0.647. The van der Waals surface area contributed by atoms with Crippen molar-refractivity contribution in [1.82, 2.24) is 5.32 Å². The van der Waals surface area contributed by atoms with Gasteiger partial charge in [-0.3, -0.25) is 0 Å². The van der Waals surface area contributed by atoms with Gasteiger partial charge in [-0.15, -0.1) is 0 Å². The van der Waals surface area contributed by atoms with Gasteiger partial charge in [-0.2, -0.15) is 0 Å². The lowest BCUT2D eigenvalue weighted by molar-refractivity contribution is 0.0667. The van der Waals surface area contributed by atoms with Gasteiger partial charge < -0.3 is 19.5 Å². The molecule has 1 saturated heterocycles. The second-order valence-corrected chi connectivity index (χ2v) is 5.82. The van der Waals surface area contributed by atoms with E-state index in [-0.39, 0.29) is 6.10 Å². The molecule has 0 amide bonds. The normalized spacial score (nSPS) is 21.5. The standard InChI is InChI=1S/C17H25NO3/c1-2-19-17-10-13(11-18-14-6-7-14)5-8-16(17)21-12-15-4-3-9-20-15/h5,8,10,14-15,18H,2-4,6-7,9,11-12H2,1H3. The van der Waals surface area contributed by atoms with Crippen LogP contribution in [0, 0.1) is 0 Å². The summed E-state index contributed by atoms with van der Waals surface area (Å²) in [4.78, 5) is 0. The Balaban J connectivity index is 1.59. The summed E-state index contributed by atoms with van der Waals surface area (Å²) >= 11 is 0. The zero-order valence-corrected chi connectivity index (χ0v) is 12.8. The summed E-state index contributed by atoms with van der Waals surface area (Å²) in [6.45, 7) is 5.02. The maximum absolute atomic E-state index is 5.90. The number of rotatable bonds is 8. The van der Waals surface area contributed by atoms with Gasteiger partial charge in [0.15, 0.2) is 11.5 Å². The topological polar surface area (TPSA) is 39.7 Å². The minimum Gasteiger partial charge on any atom is -0.490 e. The van der Waals surface area contributed by atoms with Gasteiger partial charge in [0.25, 0.3) is 0 Å². The van der Waals surface area contributed by atoms with E-state index in [1.54, 1.807) is 0 Å². The molecule has 3 rings (SSSR count). The van der Waals surface area contributed by atoms with Gasteiger partial charge in [0, 0.05) is 19.2 Å². The maximum Gasteiger partial charge on any atom is 0.161 e. The summed E-state index contributed by atoms with van der Waals surface area (Å²) in [5.74, 6) is 1.66. The van der Waals surface area contributed by atoms with Crippen LogP contribution in [0.3, 0.4) is 0 Å². The van der Waals surface area contributed by atoms with E-state index < -0.39 is 0 Å². The van der Waals surface area contributed by atoms with Crippen LogP contribution in [0.1, 0.15) is 38.2 Å². The Morgan fingerprint density at radius 3 is 2.81 bits per heavy atom. The molecule has 0 bridgehead atoms. The van der Waals surface area contributed by atoms with Crippen molar-refractivity contribution in [2.75, 3.05) is 19.8 Å². The van der Waals surface area contributed by atoms with Gasteiger partial charge in [0.2, 0.25) is 0 Å². The molecule has 2 fully saturated rings. The smallest absolute Gasteiger partial charge is 0.161 e. The molecule has 1 aromatic carbocycles. The molecule has 0 spiro atoms. The zero-order valence-electron chi connectivity index (χ0n) is 12.8.